The van der Waals surface area contributed by atoms with Crippen molar-refractivity contribution in [2.75, 3.05) is 0 Å². The summed E-state index contributed by atoms with van der Waals surface area (Å²) in [6, 6.07) is 15.4. The Hall–Kier alpha value is -1.65. The number of halogens is 1. The summed E-state index contributed by atoms with van der Waals surface area (Å²) >= 11 is 3.42. The van der Waals surface area contributed by atoms with Crippen LogP contribution in [0.4, 0.5) is 0 Å². The number of hydrogen-bond donors (Lipinski definition) is 2. The molecule has 2 N–H and O–H groups in total. The predicted molar refractivity (Wildman–Crippen MR) is 82.8 cm³/mol. The largest absolute Gasteiger partial charge is 0.478 e. The minimum atomic E-state index is -0.896. The number of carboxylic acids is 1. The maximum absolute atomic E-state index is 10.8. The number of rotatable bonds is 5. The smallest absolute Gasteiger partial charge is 0.335 e. The SMILES string of the molecule is CC(NCc1ccc(C(=O)O)cc1)c1ccc(Br)cc1. The molecule has 0 radical (unpaired) electrons. The van der Waals surface area contributed by atoms with Crippen molar-refractivity contribution in [3.05, 3.63) is 69.7 Å². The normalized spacial score (nSPS) is 12.1. The van der Waals surface area contributed by atoms with E-state index in [0.717, 1.165) is 10.0 Å². The molecule has 0 aromatic heterocycles. The molecule has 0 saturated heterocycles. The fourth-order valence-electron chi connectivity index (χ4n) is 1.91. The van der Waals surface area contributed by atoms with Crippen molar-refractivity contribution in [2.24, 2.45) is 0 Å². The number of aromatic carboxylic acids is 1. The standard InChI is InChI=1S/C16H16BrNO2/c1-11(13-6-8-15(17)9-7-13)18-10-12-2-4-14(5-3-12)16(19)20/h2-9,11,18H,10H2,1H3,(H,19,20). The highest BCUT2D eigenvalue weighted by molar-refractivity contribution is 9.10. The molecule has 0 aliphatic rings. The Bertz CT molecular complexity index is 578. The van der Waals surface area contributed by atoms with Crippen LogP contribution in [0.25, 0.3) is 0 Å². The molecule has 2 rings (SSSR count). The van der Waals surface area contributed by atoms with Crippen LogP contribution in [-0.2, 0) is 6.54 Å². The van der Waals surface area contributed by atoms with E-state index in [1.54, 1.807) is 12.1 Å². The van der Waals surface area contributed by atoms with Gasteiger partial charge in [-0.15, -0.1) is 0 Å². The number of carbonyl (C=O) groups is 1. The van der Waals surface area contributed by atoms with E-state index in [2.05, 4.69) is 40.3 Å². The van der Waals surface area contributed by atoms with Crippen LogP contribution in [0, 0.1) is 0 Å². The Labute approximate surface area is 126 Å². The first-order valence-corrected chi connectivity index (χ1v) is 7.16. The Kier molecular flexibility index (Phi) is 4.93. The van der Waals surface area contributed by atoms with E-state index >= 15 is 0 Å². The van der Waals surface area contributed by atoms with Crippen LogP contribution < -0.4 is 5.32 Å². The predicted octanol–water partition coefficient (Wildman–Crippen LogP) is 4.00. The van der Waals surface area contributed by atoms with E-state index in [0.29, 0.717) is 12.1 Å². The van der Waals surface area contributed by atoms with E-state index in [1.807, 2.05) is 24.3 Å². The van der Waals surface area contributed by atoms with Gasteiger partial charge in [0.1, 0.15) is 0 Å². The maximum atomic E-state index is 10.8. The lowest BCUT2D eigenvalue weighted by Gasteiger charge is -2.14. The first kappa shape index (κ1) is 14.8. The molecule has 0 saturated carbocycles. The highest BCUT2D eigenvalue weighted by Gasteiger charge is 2.05. The zero-order chi connectivity index (χ0) is 14.5. The topological polar surface area (TPSA) is 49.3 Å². The maximum Gasteiger partial charge on any atom is 0.335 e. The molecule has 1 atom stereocenters. The van der Waals surface area contributed by atoms with Gasteiger partial charge < -0.3 is 10.4 Å². The molecule has 2 aromatic carbocycles. The third-order valence-corrected chi connectivity index (χ3v) is 3.71. The average molecular weight is 334 g/mol. The molecule has 104 valence electrons. The van der Waals surface area contributed by atoms with Gasteiger partial charge in [-0.3, -0.25) is 0 Å². The van der Waals surface area contributed by atoms with Crippen molar-refractivity contribution < 1.29 is 9.90 Å². The molecule has 0 heterocycles. The second-order valence-corrected chi connectivity index (χ2v) is 5.57. The summed E-state index contributed by atoms with van der Waals surface area (Å²) in [5, 5.41) is 12.3. The van der Waals surface area contributed by atoms with Gasteiger partial charge in [0, 0.05) is 17.1 Å². The lowest BCUT2D eigenvalue weighted by Crippen LogP contribution is -2.18. The molecule has 0 bridgehead atoms. The lowest BCUT2D eigenvalue weighted by atomic mass is 10.1. The third kappa shape index (κ3) is 3.92. The van der Waals surface area contributed by atoms with Crippen LogP contribution >= 0.6 is 15.9 Å². The zero-order valence-electron chi connectivity index (χ0n) is 11.1. The number of carboxylic acid groups (broad SMARTS) is 1. The fraction of sp³-hybridized carbons (Fsp3) is 0.188. The molecule has 0 fully saturated rings. The quantitative estimate of drug-likeness (QED) is 0.869. The summed E-state index contributed by atoms with van der Waals surface area (Å²) in [6.07, 6.45) is 0. The monoisotopic (exact) mass is 333 g/mol. The van der Waals surface area contributed by atoms with Crippen LogP contribution in [0.5, 0.6) is 0 Å². The molecule has 4 heteroatoms. The van der Waals surface area contributed by atoms with E-state index < -0.39 is 5.97 Å². The highest BCUT2D eigenvalue weighted by Crippen LogP contribution is 2.17. The van der Waals surface area contributed by atoms with Gasteiger partial charge in [0.05, 0.1) is 5.56 Å². The summed E-state index contributed by atoms with van der Waals surface area (Å²) in [7, 11) is 0. The van der Waals surface area contributed by atoms with Crippen molar-refractivity contribution in [3.63, 3.8) is 0 Å². The third-order valence-electron chi connectivity index (χ3n) is 3.18. The average Bonchev–Trinajstić information content (AvgIpc) is 2.46. The molecule has 0 aliphatic carbocycles. The van der Waals surface area contributed by atoms with Crippen LogP contribution in [-0.4, -0.2) is 11.1 Å². The summed E-state index contributed by atoms with van der Waals surface area (Å²) in [5.74, 6) is -0.896. The first-order valence-electron chi connectivity index (χ1n) is 6.37. The van der Waals surface area contributed by atoms with Gasteiger partial charge in [0.2, 0.25) is 0 Å². The summed E-state index contributed by atoms with van der Waals surface area (Å²) in [5.41, 5.74) is 2.60. The number of hydrogen-bond acceptors (Lipinski definition) is 2. The summed E-state index contributed by atoms with van der Waals surface area (Å²) in [4.78, 5) is 10.8. The molecule has 0 aliphatic heterocycles. The van der Waals surface area contributed by atoms with Crippen LogP contribution in [0.2, 0.25) is 0 Å². The van der Waals surface area contributed by atoms with Gasteiger partial charge in [0.15, 0.2) is 0 Å². The van der Waals surface area contributed by atoms with Gasteiger partial charge >= 0.3 is 5.97 Å². The second kappa shape index (κ2) is 6.68. The highest BCUT2D eigenvalue weighted by atomic mass is 79.9. The number of benzene rings is 2. The van der Waals surface area contributed by atoms with Crippen LogP contribution in [0.3, 0.4) is 0 Å². The molecule has 20 heavy (non-hydrogen) atoms. The van der Waals surface area contributed by atoms with Crippen molar-refractivity contribution in [2.45, 2.75) is 19.5 Å². The molecular formula is C16H16BrNO2. The van der Waals surface area contributed by atoms with Crippen molar-refractivity contribution in [3.8, 4) is 0 Å². The van der Waals surface area contributed by atoms with Gasteiger partial charge in [0.25, 0.3) is 0 Å². The van der Waals surface area contributed by atoms with Crippen molar-refractivity contribution >= 4 is 21.9 Å². The molecule has 2 aromatic rings. The van der Waals surface area contributed by atoms with Crippen LogP contribution in [0.15, 0.2) is 53.0 Å². The van der Waals surface area contributed by atoms with Gasteiger partial charge in [-0.1, -0.05) is 40.2 Å². The molecular weight excluding hydrogens is 318 g/mol. The van der Waals surface area contributed by atoms with Crippen molar-refractivity contribution in [1.82, 2.24) is 5.32 Å². The molecule has 0 spiro atoms. The Morgan fingerprint density at radius 2 is 1.75 bits per heavy atom. The zero-order valence-corrected chi connectivity index (χ0v) is 12.7. The van der Waals surface area contributed by atoms with E-state index in [4.69, 9.17) is 5.11 Å². The van der Waals surface area contributed by atoms with E-state index in [-0.39, 0.29) is 6.04 Å². The summed E-state index contributed by atoms with van der Waals surface area (Å²) < 4.78 is 1.07. The van der Waals surface area contributed by atoms with Crippen molar-refractivity contribution in [1.29, 1.82) is 0 Å². The van der Waals surface area contributed by atoms with Gasteiger partial charge in [-0.25, -0.2) is 4.79 Å². The van der Waals surface area contributed by atoms with E-state index in [1.165, 1.54) is 5.56 Å². The minimum absolute atomic E-state index is 0.238. The van der Waals surface area contributed by atoms with Gasteiger partial charge in [-0.2, -0.15) is 0 Å². The first-order chi connectivity index (χ1) is 9.56. The van der Waals surface area contributed by atoms with E-state index in [9.17, 15) is 4.79 Å². The summed E-state index contributed by atoms with van der Waals surface area (Å²) in [6.45, 7) is 2.81. The molecule has 0 amide bonds. The Morgan fingerprint density at radius 3 is 2.30 bits per heavy atom. The Morgan fingerprint density at radius 1 is 1.15 bits per heavy atom. The minimum Gasteiger partial charge on any atom is -0.478 e. The second-order valence-electron chi connectivity index (χ2n) is 4.66. The fourth-order valence-corrected chi connectivity index (χ4v) is 2.17. The molecule has 1 unspecified atom stereocenters. The number of nitrogens with one attached hydrogen (secondary N) is 1. The Balaban J connectivity index is 1.94. The molecule has 3 nitrogen and oxygen atoms in total. The lowest BCUT2D eigenvalue weighted by molar-refractivity contribution is 0.0697. The van der Waals surface area contributed by atoms with Gasteiger partial charge in [-0.05, 0) is 42.3 Å². The van der Waals surface area contributed by atoms with Crippen LogP contribution in [0.1, 0.15) is 34.5 Å².